The first-order chi connectivity index (χ1) is 13.4. The van der Waals surface area contributed by atoms with Crippen LogP contribution in [0.4, 0.5) is 18.9 Å². The van der Waals surface area contributed by atoms with Gasteiger partial charge in [0.15, 0.2) is 11.5 Å². The quantitative estimate of drug-likeness (QED) is 0.690. The van der Waals surface area contributed by atoms with Crippen molar-refractivity contribution in [3.63, 3.8) is 0 Å². The maximum absolute atomic E-state index is 13.5. The van der Waals surface area contributed by atoms with Crippen LogP contribution in [0.25, 0.3) is 10.9 Å². The number of fused-ring (bicyclic) bond motifs is 2. The Balaban J connectivity index is 1.50. The Morgan fingerprint density at radius 3 is 2.61 bits per heavy atom. The smallest absolute Gasteiger partial charge is 0.418 e. The van der Waals surface area contributed by atoms with Gasteiger partial charge in [0.05, 0.1) is 16.7 Å². The summed E-state index contributed by atoms with van der Waals surface area (Å²) in [5.74, 6) is 0.680. The van der Waals surface area contributed by atoms with Gasteiger partial charge in [0.1, 0.15) is 0 Å². The van der Waals surface area contributed by atoms with Crippen molar-refractivity contribution in [2.75, 3.05) is 12.1 Å². The molecule has 2 aliphatic rings. The number of carbonyl (C=O) groups is 1. The second-order valence-electron chi connectivity index (χ2n) is 7.06. The molecule has 1 aromatic heterocycles. The topological polar surface area (TPSA) is 63.4 Å². The fraction of sp³-hybridized carbons (Fsp3) is 0.250. The third kappa shape index (κ3) is 2.59. The first kappa shape index (κ1) is 17.0. The van der Waals surface area contributed by atoms with Crippen molar-refractivity contribution >= 4 is 22.5 Å². The van der Waals surface area contributed by atoms with Crippen molar-refractivity contribution in [1.29, 1.82) is 0 Å². The Labute approximate surface area is 157 Å². The summed E-state index contributed by atoms with van der Waals surface area (Å²) in [5, 5.41) is 2.95. The zero-order valence-corrected chi connectivity index (χ0v) is 14.5. The lowest BCUT2D eigenvalue weighted by Crippen LogP contribution is -2.29. The molecule has 2 N–H and O–H groups in total. The Morgan fingerprint density at radius 1 is 1.07 bits per heavy atom. The number of amides is 1. The number of nitrogens with one attached hydrogen (secondary N) is 2. The van der Waals surface area contributed by atoms with E-state index in [2.05, 4.69) is 10.3 Å². The van der Waals surface area contributed by atoms with Crippen LogP contribution in [0.1, 0.15) is 24.0 Å². The molecule has 1 fully saturated rings. The van der Waals surface area contributed by atoms with E-state index < -0.39 is 23.1 Å². The molecule has 1 aliphatic heterocycles. The molecule has 0 saturated heterocycles. The van der Waals surface area contributed by atoms with E-state index in [-0.39, 0.29) is 12.5 Å². The average molecular weight is 388 g/mol. The molecule has 0 radical (unpaired) electrons. The summed E-state index contributed by atoms with van der Waals surface area (Å²) in [6.45, 7) is 0.114. The zero-order chi connectivity index (χ0) is 19.5. The SMILES string of the molecule is O=C(Nc1cc2[nH]ccc2cc1C(F)(F)F)C1(c2ccc3c(c2)OCO3)CC1. The molecule has 5 nitrogen and oxygen atoms in total. The minimum Gasteiger partial charge on any atom is -0.454 e. The molecule has 2 aromatic carbocycles. The molecule has 0 unspecified atom stereocenters. The molecule has 2 heterocycles. The van der Waals surface area contributed by atoms with Gasteiger partial charge in [-0.05, 0) is 48.7 Å². The van der Waals surface area contributed by atoms with Crippen molar-refractivity contribution in [3.05, 3.63) is 53.7 Å². The summed E-state index contributed by atoms with van der Waals surface area (Å²) in [6, 6.07) is 9.14. The van der Waals surface area contributed by atoms with Crippen LogP contribution in [-0.2, 0) is 16.4 Å². The molecule has 1 saturated carbocycles. The number of hydrogen-bond donors (Lipinski definition) is 2. The highest BCUT2D eigenvalue weighted by atomic mass is 19.4. The van der Waals surface area contributed by atoms with Crippen LogP contribution in [0.15, 0.2) is 42.6 Å². The monoisotopic (exact) mass is 388 g/mol. The second-order valence-corrected chi connectivity index (χ2v) is 7.06. The highest BCUT2D eigenvalue weighted by molar-refractivity contribution is 6.03. The molecule has 3 aromatic rings. The molecular formula is C20H15F3N2O3. The number of carbonyl (C=O) groups excluding carboxylic acids is 1. The lowest BCUT2D eigenvalue weighted by Gasteiger charge is -2.19. The van der Waals surface area contributed by atoms with Crippen LogP contribution in [-0.4, -0.2) is 17.7 Å². The Hall–Kier alpha value is -3.16. The Kier molecular flexibility index (Phi) is 3.44. The first-order valence-electron chi connectivity index (χ1n) is 8.77. The summed E-state index contributed by atoms with van der Waals surface area (Å²) in [4.78, 5) is 15.9. The van der Waals surface area contributed by atoms with Gasteiger partial charge in [-0.25, -0.2) is 0 Å². The minimum absolute atomic E-state index is 0.114. The highest BCUT2D eigenvalue weighted by Gasteiger charge is 2.52. The third-order valence-electron chi connectivity index (χ3n) is 5.35. The van der Waals surface area contributed by atoms with Crippen LogP contribution in [0.2, 0.25) is 0 Å². The molecular weight excluding hydrogens is 373 g/mol. The molecule has 144 valence electrons. The van der Waals surface area contributed by atoms with E-state index in [4.69, 9.17) is 9.47 Å². The number of benzene rings is 2. The van der Waals surface area contributed by atoms with Gasteiger partial charge in [0.2, 0.25) is 12.7 Å². The van der Waals surface area contributed by atoms with E-state index in [1.54, 1.807) is 30.5 Å². The van der Waals surface area contributed by atoms with E-state index in [1.165, 1.54) is 6.07 Å². The maximum Gasteiger partial charge on any atom is 0.418 e. The summed E-state index contributed by atoms with van der Waals surface area (Å²) in [7, 11) is 0. The molecule has 8 heteroatoms. The van der Waals surface area contributed by atoms with E-state index in [0.717, 1.165) is 6.07 Å². The fourth-order valence-corrected chi connectivity index (χ4v) is 3.65. The van der Waals surface area contributed by atoms with Crippen LogP contribution in [0.5, 0.6) is 11.5 Å². The fourth-order valence-electron chi connectivity index (χ4n) is 3.65. The van der Waals surface area contributed by atoms with Gasteiger partial charge in [-0.1, -0.05) is 6.07 Å². The van der Waals surface area contributed by atoms with E-state index in [9.17, 15) is 18.0 Å². The maximum atomic E-state index is 13.5. The van der Waals surface area contributed by atoms with Crippen LogP contribution < -0.4 is 14.8 Å². The second kappa shape index (κ2) is 5.67. The van der Waals surface area contributed by atoms with Crippen LogP contribution >= 0.6 is 0 Å². The van der Waals surface area contributed by atoms with Gasteiger partial charge in [-0.3, -0.25) is 4.79 Å². The first-order valence-corrected chi connectivity index (χ1v) is 8.77. The highest BCUT2D eigenvalue weighted by Crippen LogP contribution is 2.51. The summed E-state index contributed by atoms with van der Waals surface area (Å²) in [5.41, 5.74) is -0.733. The molecule has 28 heavy (non-hydrogen) atoms. The van der Waals surface area contributed by atoms with Gasteiger partial charge in [-0.2, -0.15) is 13.2 Å². The normalized spacial score (nSPS) is 17.0. The number of hydrogen-bond acceptors (Lipinski definition) is 3. The third-order valence-corrected chi connectivity index (χ3v) is 5.35. The predicted octanol–water partition coefficient (Wildman–Crippen LogP) is 4.59. The molecule has 0 atom stereocenters. The van der Waals surface area contributed by atoms with Crippen molar-refractivity contribution < 1.29 is 27.4 Å². The minimum atomic E-state index is -4.58. The van der Waals surface area contributed by atoms with Crippen LogP contribution in [0.3, 0.4) is 0 Å². The number of rotatable bonds is 3. The predicted molar refractivity (Wildman–Crippen MR) is 95.4 cm³/mol. The van der Waals surface area contributed by atoms with Gasteiger partial charge in [0, 0.05) is 17.1 Å². The van der Waals surface area contributed by atoms with E-state index >= 15 is 0 Å². The summed E-state index contributed by atoms with van der Waals surface area (Å²) >= 11 is 0. The zero-order valence-electron chi connectivity index (χ0n) is 14.5. The van der Waals surface area contributed by atoms with Gasteiger partial charge < -0.3 is 19.8 Å². The lowest BCUT2D eigenvalue weighted by molar-refractivity contribution is -0.136. The van der Waals surface area contributed by atoms with Gasteiger partial charge in [-0.15, -0.1) is 0 Å². The number of ether oxygens (including phenoxy) is 2. The molecule has 1 aliphatic carbocycles. The Bertz CT molecular complexity index is 1100. The molecule has 0 spiro atoms. The molecule has 1 amide bonds. The van der Waals surface area contributed by atoms with Crippen molar-refractivity contribution in [2.24, 2.45) is 0 Å². The van der Waals surface area contributed by atoms with Crippen molar-refractivity contribution in [3.8, 4) is 11.5 Å². The molecule has 5 rings (SSSR count). The summed E-state index contributed by atoms with van der Waals surface area (Å²) in [6.07, 6.45) is -1.90. The number of alkyl halides is 3. The number of aromatic amines is 1. The van der Waals surface area contributed by atoms with Crippen molar-refractivity contribution in [1.82, 2.24) is 4.98 Å². The van der Waals surface area contributed by atoms with Gasteiger partial charge >= 0.3 is 6.18 Å². The molecule has 0 bridgehead atoms. The van der Waals surface area contributed by atoms with Crippen molar-refractivity contribution in [2.45, 2.75) is 24.4 Å². The van der Waals surface area contributed by atoms with E-state index in [0.29, 0.717) is 40.8 Å². The van der Waals surface area contributed by atoms with E-state index in [1.807, 2.05) is 0 Å². The lowest BCUT2D eigenvalue weighted by atomic mass is 9.94. The number of anilines is 1. The average Bonchev–Trinajstić information content (AvgIpc) is 3.11. The number of H-pyrrole nitrogens is 1. The standard InChI is InChI=1S/C20H15F3N2O3/c21-20(22,23)13-7-11-3-6-24-14(11)9-15(13)25-18(26)19(4-5-19)12-1-2-16-17(8-12)28-10-27-16/h1-3,6-9,24H,4-5,10H2,(H,25,26). The van der Waals surface area contributed by atoms with Crippen LogP contribution in [0, 0.1) is 0 Å². The summed E-state index contributed by atoms with van der Waals surface area (Å²) < 4.78 is 51.2. The number of halogens is 3. The largest absolute Gasteiger partial charge is 0.454 e. The number of aromatic nitrogens is 1. The Morgan fingerprint density at radius 2 is 1.86 bits per heavy atom. The van der Waals surface area contributed by atoms with Gasteiger partial charge in [0.25, 0.3) is 0 Å².